The maximum atomic E-state index is 12.9. The van der Waals surface area contributed by atoms with E-state index in [4.69, 9.17) is 16.3 Å². The number of nitrogens with zero attached hydrogens (tertiary/aromatic N) is 3. The zero-order valence-electron chi connectivity index (χ0n) is 20.2. The maximum Gasteiger partial charge on any atom is 0.234 e. The minimum atomic E-state index is -0.102. The lowest BCUT2D eigenvalue weighted by Gasteiger charge is -2.14. The number of halogens is 2. The number of thioether (sulfide) groups is 1. The van der Waals surface area contributed by atoms with Crippen molar-refractivity contribution in [3.05, 3.63) is 81.3 Å². The molecule has 186 valence electrons. The van der Waals surface area contributed by atoms with Crippen molar-refractivity contribution < 1.29 is 9.53 Å². The molecular weight excluding hydrogens is 560 g/mol. The summed E-state index contributed by atoms with van der Waals surface area (Å²) in [7, 11) is 0. The van der Waals surface area contributed by atoms with Gasteiger partial charge in [-0.3, -0.25) is 9.36 Å². The predicted molar refractivity (Wildman–Crippen MR) is 151 cm³/mol. The van der Waals surface area contributed by atoms with Crippen LogP contribution in [0.4, 0.5) is 5.69 Å². The lowest BCUT2D eigenvalue weighted by molar-refractivity contribution is -0.113. The first kappa shape index (κ1) is 26.3. The molecule has 4 rings (SSSR count). The van der Waals surface area contributed by atoms with E-state index in [-0.39, 0.29) is 11.7 Å². The standard InChI is InChI=1S/C27H26BrClN4O2S/c1-4-18-15-20(28)14-17(3)25(18)30-24(34)16-36-27-32-31-26(19-6-8-21(29)9-7-19)33(27)22-10-12-23(13-11-22)35-5-2/h6-15H,4-5,16H2,1-3H3,(H,30,34). The summed E-state index contributed by atoms with van der Waals surface area (Å²) >= 11 is 11.0. The molecule has 0 aliphatic carbocycles. The Morgan fingerprint density at radius 1 is 1.08 bits per heavy atom. The Morgan fingerprint density at radius 3 is 2.47 bits per heavy atom. The predicted octanol–water partition coefficient (Wildman–Crippen LogP) is 7.35. The molecule has 0 unspecified atom stereocenters. The van der Waals surface area contributed by atoms with Crippen LogP contribution in [0, 0.1) is 6.92 Å². The molecule has 1 N–H and O–H groups in total. The van der Waals surface area contributed by atoms with Crippen LogP contribution in [-0.2, 0) is 11.2 Å². The molecule has 0 aliphatic heterocycles. The molecule has 3 aromatic carbocycles. The number of carbonyl (C=O) groups is 1. The quantitative estimate of drug-likeness (QED) is 0.208. The zero-order chi connectivity index (χ0) is 25.7. The van der Waals surface area contributed by atoms with Gasteiger partial charge in [-0.15, -0.1) is 10.2 Å². The van der Waals surface area contributed by atoms with Crippen LogP contribution < -0.4 is 10.1 Å². The first-order valence-electron chi connectivity index (χ1n) is 11.6. The van der Waals surface area contributed by atoms with E-state index in [0.29, 0.717) is 22.6 Å². The number of carbonyl (C=O) groups excluding carboxylic acids is 1. The van der Waals surface area contributed by atoms with Crippen LogP contribution in [0.25, 0.3) is 17.1 Å². The molecule has 9 heteroatoms. The molecule has 36 heavy (non-hydrogen) atoms. The number of aryl methyl sites for hydroxylation is 2. The molecule has 0 aliphatic rings. The van der Waals surface area contributed by atoms with Crippen LogP contribution in [0.15, 0.2) is 70.3 Å². The van der Waals surface area contributed by atoms with Crippen molar-refractivity contribution in [1.82, 2.24) is 14.8 Å². The Balaban J connectivity index is 1.61. The van der Waals surface area contributed by atoms with Gasteiger partial charge in [0.1, 0.15) is 5.75 Å². The van der Waals surface area contributed by atoms with Crippen molar-refractivity contribution in [3.63, 3.8) is 0 Å². The Bertz CT molecular complexity index is 1360. The van der Waals surface area contributed by atoms with E-state index < -0.39 is 0 Å². The minimum absolute atomic E-state index is 0.102. The molecule has 6 nitrogen and oxygen atoms in total. The molecule has 0 saturated heterocycles. The summed E-state index contributed by atoms with van der Waals surface area (Å²) < 4.78 is 8.54. The van der Waals surface area contributed by atoms with E-state index in [0.717, 1.165) is 44.7 Å². The molecule has 1 amide bonds. The minimum Gasteiger partial charge on any atom is -0.494 e. The van der Waals surface area contributed by atoms with Gasteiger partial charge in [-0.2, -0.15) is 0 Å². The number of nitrogens with one attached hydrogen (secondary N) is 1. The summed E-state index contributed by atoms with van der Waals surface area (Å²) in [5.41, 5.74) is 4.70. The van der Waals surface area contributed by atoms with Gasteiger partial charge in [-0.25, -0.2) is 0 Å². The Hall–Kier alpha value is -2.81. The number of benzene rings is 3. The number of hydrogen-bond acceptors (Lipinski definition) is 5. The van der Waals surface area contributed by atoms with Gasteiger partial charge in [-0.05, 0) is 92.1 Å². The molecule has 0 saturated carbocycles. The van der Waals surface area contributed by atoms with Gasteiger partial charge in [-0.1, -0.05) is 46.2 Å². The smallest absolute Gasteiger partial charge is 0.234 e. The number of rotatable bonds is 9. The van der Waals surface area contributed by atoms with Crippen molar-refractivity contribution in [2.24, 2.45) is 0 Å². The highest BCUT2D eigenvalue weighted by Crippen LogP contribution is 2.31. The summed E-state index contributed by atoms with van der Waals surface area (Å²) in [5.74, 6) is 1.53. The van der Waals surface area contributed by atoms with Crippen LogP contribution in [0.1, 0.15) is 25.0 Å². The van der Waals surface area contributed by atoms with Crippen molar-refractivity contribution in [1.29, 1.82) is 0 Å². The fourth-order valence-electron chi connectivity index (χ4n) is 3.82. The lowest BCUT2D eigenvalue weighted by Crippen LogP contribution is -2.16. The third-order valence-electron chi connectivity index (χ3n) is 5.50. The van der Waals surface area contributed by atoms with Gasteiger partial charge in [0.15, 0.2) is 11.0 Å². The molecule has 0 bridgehead atoms. The van der Waals surface area contributed by atoms with Crippen molar-refractivity contribution in [2.75, 3.05) is 17.7 Å². The SMILES string of the molecule is CCOc1ccc(-n2c(SCC(=O)Nc3c(C)cc(Br)cc3CC)nnc2-c2ccc(Cl)cc2)cc1. The molecule has 0 radical (unpaired) electrons. The van der Waals surface area contributed by atoms with Crippen LogP contribution in [0.3, 0.4) is 0 Å². The molecule has 0 fully saturated rings. The van der Waals surface area contributed by atoms with Crippen LogP contribution >= 0.6 is 39.3 Å². The molecular formula is C27H26BrClN4O2S. The van der Waals surface area contributed by atoms with Gasteiger partial charge >= 0.3 is 0 Å². The lowest BCUT2D eigenvalue weighted by atomic mass is 10.1. The largest absolute Gasteiger partial charge is 0.494 e. The second-order valence-electron chi connectivity index (χ2n) is 8.02. The fourth-order valence-corrected chi connectivity index (χ4v) is 5.31. The van der Waals surface area contributed by atoms with Crippen LogP contribution in [0.5, 0.6) is 5.75 Å². The number of ether oxygens (including phenoxy) is 1. The summed E-state index contributed by atoms with van der Waals surface area (Å²) in [4.78, 5) is 12.9. The maximum absolute atomic E-state index is 12.9. The summed E-state index contributed by atoms with van der Waals surface area (Å²) in [6.45, 7) is 6.61. The zero-order valence-corrected chi connectivity index (χ0v) is 23.4. The fraction of sp³-hybridized carbons (Fsp3) is 0.222. The average molecular weight is 586 g/mol. The summed E-state index contributed by atoms with van der Waals surface area (Å²) in [6, 6.07) is 19.2. The van der Waals surface area contributed by atoms with E-state index >= 15 is 0 Å². The first-order chi connectivity index (χ1) is 17.4. The van der Waals surface area contributed by atoms with E-state index in [1.807, 2.05) is 79.1 Å². The first-order valence-corrected chi connectivity index (χ1v) is 13.7. The highest BCUT2D eigenvalue weighted by molar-refractivity contribution is 9.10. The molecule has 0 atom stereocenters. The van der Waals surface area contributed by atoms with E-state index in [2.05, 4.69) is 38.4 Å². The van der Waals surface area contributed by atoms with Crippen molar-refractivity contribution in [3.8, 4) is 22.8 Å². The van der Waals surface area contributed by atoms with Crippen LogP contribution in [0.2, 0.25) is 5.02 Å². The summed E-state index contributed by atoms with van der Waals surface area (Å²) in [5, 5.41) is 13.2. The normalized spacial score (nSPS) is 10.9. The number of aromatic nitrogens is 3. The molecule has 1 heterocycles. The van der Waals surface area contributed by atoms with Gasteiger partial charge in [0.25, 0.3) is 0 Å². The molecule has 1 aromatic heterocycles. The second-order valence-corrected chi connectivity index (χ2v) is 10.3. The van der Waals surface area contributed by atoms with Crippen molar-refractivity contribution >= 4 is 50.9 Å². The van der Waals surface area contributed by atoms with Gasteiger partial charge in [0, 0.05) is 26.4 Å². The monoisotopic (exact) mass is 584 g/mol. The number of hydrogen-bond donors (Lipinski definition) is 1. The molecule has 0 spiro atoms. The van der Waals surface area contributed by atoms with E-state index in [1.165, 1.54) is 11.8 Å². The Morgan fingerprint density at radius 2 is 1.81 bits per heavy atom. The van der Waals surface area contributed by atoms with Gasteiger partial charge in [0.2, 0.25) is 5.91 Å². The topological polar surface area (TPSA) is 69.0 Å². The van der Waals surface area contributed by atoms with E-state index in [9.17, 15) is 4.79 Å². The Labute approximate surface area is 228 Å². The third kappa shape index (κ3) is 6.11. The highest BCUT2D eigenvalue weighted by atomic mass is 79.9. The average Bonchev–Trinajstić information content (AvgIpc) is 3.29. The Kier molecular flexibility index (Phi) is 8.72. The second kappa shape index (κ2) is 12.0. The van der Waals surface area contributed by atoms with Gasteiger partial charge in [0.05, 0.1) is 12.4 Å². The van der Waals surface area contributed by atoms with Gasteiger partial charge < -0.3 is 10.1 Å². The van der Waals surface area contributed by atoms with Crippen LogP contribution in [-0.4, -0.2) is 33.0 Å². The number of amides is 1. The third-order valence-corrected chi connectivity index (χ3v) is 7.14. The highest BCUT2D eigenvalue weighted by Gasteiger charge is 2.18. The van der Waals surface area contributed by atoms with E-state index in [1.54, 1.807) is 0 Å². The van der Waals surface area contributed by atoms with Crippen molar-refractivity contribution in [2.45, 2.75) is 32.3 Å². The number of anilines is 1. The summed E-state index contributed by atoms with van der Waals surface area (Å²) in [6.07, 6.45) is 0.819. The molecule has 4 aromatic rings.